The number of hydrogen-bond donors (Lipinski definition) is 2. The van der Waals surface area contributed by atoms with Crippen LogP contribution in [-0.2, 0) is 13.0 Å². The zero-order valence-electron chi connectivity index (χ0n) is 12.7. The molecule has 110 valence electrons. The lowest BCUT2D eigenvalue weighted by Gasteiger charge is -2.06. The Bertz CT molecular complexity index is 766. The summed E-state index contributed by atoms with van der Waals surface area (Å²) in [6, 6.07) is 8.34. The first-order valence-corrected chi connectivity index (χ1v) is 7.30. The minimum absolute atomic E-state index is 0.532. The number of rotatable bonds is 4. The minimum atomic E-state index is 0.532. The van der Waals surface area contributed by atoms with E-state index in [1.165, 1.54) is 11.1 Å². The number of fused-ring (bicyclic) bond motifs is 1. The molecule has 0 fully saturated rings. The van der Waals surface area contributed by atoms with Crippen molar-refractivity contribution in [1.82, 2.24) is 20.0 Å². The number of nitrogens with one attached hydrogen (secondary N) is 1. The third kappa shape index (κ3) is 2.51. The molecule has 2 aromatic heterocycles. The van der Waals surface area contributed by atoms with E-state index in [9.17, 15) is 0 Å². The van der Waals surface area contributed by atoms with Crippen LogP contribution in [0.15, 0.2) is 24.3 Å². The van der Waals surface area contributed by atoms with E-state index in [-0.39, 0.29) is 0 Å². The second kappa shape index (κ2) is 5.24. The summed E-state index contributed by atoms with van der Waals surface area (Å²) in [5, 5.41) is 12.9. The molecular formula is C16H21N5. The van der Waals surface area contributed by atoms with E-state index in [0.29, 0.717) is 18.3 Å². The van der Waals surface area contributed by atoms with Crippen molar-refractivity contribution in [2.75, 3.05) is 5.73 Å². The number of aromatic amines is 1. The fourth-order valence-corrected chi connectivity index (χ4v) is 2.65. The van der Waals surface area contributed by atoms with E-state index in [4.69, 9.17) is 10.8 Å². The maximum absolute atomic E-state index is 6.02. The van der Waals surface area contributed by atoms with Crippen LogP contribution < -0.4 is 5.73 Å². The first-order chi connectivity index (χ1) is 10.1. The van der Waals surface area contributed by atoms with E-state index in [1.54, 1.807) is 0 Å². The van der Waals surface area contributed by atoms with Crippen LogP contribution in [0.3, 0.4) is 0 Å². The van der Waals surface area contributed by atoms with Crippen molar-refractivity contribution in [3.8, 4) is 0 Å². The van der Waals surface area contributed by atoms with Gasteiger partial charge in [0.2, 0.25) is 0 Å². The van der Waals surface area contributed by atoms with Crippen LogP contribution >= 0.6 is 0 Å². The molecule has 0 bridgehead atoms. The molecule has 21 heavy (non-hydrogen) atoms. The van der Waals surface area contributed by atoms with E-state index < -0.39 is 0 Å². The summed E-state index contributed by atoms with van der Waals surface area (Å²) < 4.78 is 1.95. The zero-order valence-corrected chi connectivity index (χ0v) is 12.7. The number of H-pyrrole nitrogens is 1. The van der Waals surface area contributed by atoms with Gasteiger partial charge in [-0.05, 0) is 30.4 Å². The first kappa shape index (κ1) is 13.7. The van der Waals surface area contributed by atoms with Gasteiger partial charge in [0.1, 0.15) is 5.82 Å². The Kier molecular flexibility index (Phi) is 3.41. The number of anilines is 1. The van der Waals surface area contributed by atoms with Gasteiger partial charge < -0.3 is 5.73 Å². The molecule has 5 heteroatoms. The summed E-state index contributed by atoms with van der Waals surface area (Å²) in [7, 11) is 0. The molecule has 0 atom stereocenters. The van der Waals surface area contributed by atoms with E-state index >= 15 is 0 Å². The van der Waals surface area contributed by atoms with Crippen molar-refractivity contribution in [3.63, 3.8) is 0 Å². The van der Waals surface area contributed by atoms with E-state index in [1.807, 2.05) is 10.7 Å². The van der Waals surface area contributed by atoms with Gasteiger partial charge in [0, 0.05) is 0 Å². The van der Waals surface area contributed by atoms with Crippen LogP contribution in [0.5, 0.6) is 0 Å². The highest BCUT2D eigenvalue weighted by Gasteiger charge is 2.17. The molecule has 5 nitrogen and oxygen atoms in total. The van der Waals surface area contributed by atoms with Crippen LogP contribution in [0.4, 0.5) is 5.82 Å². The van der Waals surface area contributed by atoms with E-state index in [0.717, 1.165) is 23.1 Å². The van der Waals surface area contributed by atoms with Crippen LogP contribution in [0.1, 0.15) is 30.7 Å². The summed E-state index contributed by atoms with van der Waals surface area (Å²) in [4.78, 5) is 0. The molecule has 0 radical (unpaired) electrons. The predicted molar refractivity (Wildman–Crippen MR) is 85.1 cm³/mol. The number of aryl methyl sites for hydroxylation is 1. The molecule has 3 aromatic rings. The molecule has 0 amide bonds. The first-order valence-electron chi connectivity index (χ1n) is 7.30. The van der Waals surface area contributed by atoms with Gasteiger partial charge in [-0.1, -0.05) is 38.1 Å². The van der Waals surface area contributed by atoms with Crippen molar-refractivity contribution in [1.29, 1.82) is 0 Å². The summed E-state index contributed by atoms with van der Waals surface area (Å²) in [5.74, 6) is 1.14. The van der Waals surface area contributed by atoms with Crippen molar-refractivity contribution in [2.45, 2.75) is 33.7 Å². The van der Waals surface area contributed by atoms with Gasteiger partial charge in [-0.15, -0.1) is 0 Å². The largest absolute Gasteiger partial charge is 0.383 e. The Morgan fingerprint density at radius 2 is 2.05 bits per heavy atom. The average Bonchev–Trinajstić information content (AvgIpc) is 2.95. The number of hydrogen-bond acceptors (Lipinski definition) is 3. The smallest absolute Gasteiger partial charge is 0.182 e. The molecule has 1 aromatic carbocycles. The number of nitrogens with two attached hydrogens (primary N) is 1. The fraction of sp³-hybridized carbons (Fsp3) is 0.375. The van der Waals surface area contributed by atoms with Gasteiger partial charge in [0.15, 0.2) is 5.65 Å². The molecular weight excluding hydrogens is 262 g/mol. The SMILES string of the molecule is Cc1ccccc1Cn1nc(CC(C)C)c2c(N)[nH]nc21. The summed E-state index contributed by atoms with van der Waals surface area (Å²) >= 11 is 0. The Morgan fingerprint density at radius 1 is 1.29 bits per heavy atom. The van der Waals surface area contributed by atoms with Crippen LogP contribution in [0, 0.1) is 12.8 Å². The lowest BCUT2D eigenvalue weighted by molar-refractivity contribution is 0.611. The summed E-state index contributed by atoms with van der Waals surface area (Å²) in [5.41, 5.74) is 10.4. The van der Waals surface area contributed by atoms with E-state index in [2.05, 4.69) is 49.2 Å². The Balaban J connectivity index is 2.05. The number of nitrogen functional groups attached to an aromatic ring is 1. The van der Waals surface area contributed by atoms with Crippen molar-refractivity contribution in [2.24, 2.45) is 5.92 Å². The van der Waals surface area contributed by atoms with Crippen molar-refractivity contribution < 1.29 is 0 Å². The standard InChI is InChI=1S/C16H21N5/c1-10(2)8-13-14-15(17)18-19-16(14)21(20-13)9-12-7-5-4-6-11(12)3/h4-7,10H,8-9H2,1-3H3,(H3,17,18,19). The lowest BCUT2D eigenvalue weighted by atomic mass is 10.1. The quantitative estimate of drug-likeness (QED) is 0.773. The maximum Gasteiger partial charge on any atom is 0.182 e. The molecule has 3 N–H and O–H groups in total. The average molecular weight is 283 g/mol. The van der Waals surface area contributed by atoms with Gasteiger partial charge in [-0.3, -0.25) is 5.10 Å². The summed E-state index contributed by atoms with van der Waals surface area (Å²) in [6.07, 6.45) is 0.904. The Morgan fingerprint density at radius 3 is 2.76 bits per heavy atom. The van der Waals surface area contributed by atoms with Crippen molar-refractivity contribution >= 4 is 16.9 Å². The topological polar surface area (TPSA) is 72.5 Å². The fourth-order valence-electron chi connectivity index (χ4n) is 2.65. The van der Waals surface area contributed by atoms with Crippen LogP contribution in [-0.4, -0.2) is 20.0 Å². The molecule has 0 aliphatic rings. The van der Waals surface area contributed by atoms with Gasteiger partial charge in [0.25, 0.3) is 0 Å². The highest BCUT2D eigenvalue weighted by atomic mass is 15.3. The molecule has 0 saturated heterocycles. The second-order valence-electron chi connectivity index (χ2n) is 5.96. The highest BCUT2D eigenvalue weighted by molar-refractivity contribution is 5.89. The molecule has 0 unspecified atom stereocenters. The zero-order chi connectivity index (χ0) is 15.0. The Labute approximate surface area is 124 Å². The highest BCUT2D eigenvalue weighted by Crippen LogP contribution is 2.25. The predicted octanol–water partition coefficient (Wildman–Crippen LogP) is 2.90. The minimum Gasteiger partial charge on any atom is -0.383 e. The molecule has 3 rings (SSSR count). The number of benzene rings is 1. The monoisotopic (exact) mass is 283 g/mol. The second-order valence-corrected chi connectivity index (χ2v) is 5.96. The van der Waals surface area contributed by atoms with Gasteiger partial charge in [0.05, 0.1) is 17.6 Å². The normalized spacial score (nSPS) is 11.6. The lowest BCUT2D eigenvalue weighted by Crippen LogP contribution is -2.05. The molecule has 0 spiro atoms. The molecule has 0 aliphatic carbocycles. The summed E-state index contributed by atoms with van der Waals surface area (Å²) in [6.45, 7) is 7.19. The maximum atomic E-state index is 6.02. The van der Waals surface area contributed by atoms with Crippen molar-refractivity contribution in [3.05, 3.63) is 41.1 Å². The molecule has 0 aliphatic heterocycles. The Hall–Kier alpha value is -2.30. The van der Waals surface area contributed by atoms with Gasteiger partial charge in [-0.2, -0.15) is 10.2 Å². The third-order valence-electron chi connectivity index (χ3n) is 3.73. The number of aromatic nitrogens is 4. The van der Waals surface area contributed by atoms with Gasteiger partial charge in [-0.25, -0.2) is 4.68 Å². The van der Waals surface area contributed by atoms with Crippen LogP contribution in [0.25, 0.3) is 11.0 Å². The number of nitrogens with zero attached hydrogens (tertiary/aromatic N) is 3. The molecule has 0 saturated carbocycles. The molecule has 2 heterocycles. The van der Waals surface area contributed by atoms with Crippen LogP contribution in [0.2, 0.25) is 0 Å². The van der Waals surface area contributed by atoms with Gasteiger partial charge >= 0.3 is 0 Å². The third-order valence-corrected chi connectivity index (χ3v) is 3.73.